The summed E-state index contributed by atoms with van der Waals surface area (Å²) in [5.41, 5.74) is 1.03. The number of nitrogens with one attached hydrogen (secondary N) is 1. The van der Waals surface area contributed by atoms with Crippen LogP contribution >= 0.6 is 0 Å². The third-order valence-electron chi connectivity index (χ3n) is 2.96. The zero-order valence-electron chi connectivity index (χ0n) is 11.6. The number of methoxy groups -OCH3 is 1. The van der Waals surface area contributed by atoms with Gasteiger partial charge in [0.2, 0.25) is 0 Å². The molecule has 0 aliphatic carbocycles. The van der Waals surface area contributed by atoms with E-state index in [4.69, 9.17) is 4.74 Å². The number of rotatable bonds is 8. The van der Waals surface area contributed by atoms with E-state index in [1.807, 2.05) is 6.07 Å². The van der Waals surface area contributed by atoms with Gasteiger partial charge in [-0.1, -0.05) is 25.5 Å². The van der Waals surface area contributed by atoms with Crippen molar-refractivity contribution in [2.45, 2.75) is 45.2 Å². The Balaban J connectivity index is 2.46. The second-order valence-corrected chi connectivity index (χ2v) is 4.84. The molecule has 0 aliphatic heterocycles. The van der Waals surface area contributed by atoms with Crippen LogP contribution in [-0.2, 0) is 11.2 Å². The maximum atomic E-state index is 13.1. The Labute approximate surface area is 110 Å². The Morgan fingerprint density at radius 1 is 1.39 bits per heavy atom. The standard InChI is InChI=1S/C15H24FNO/c1-4-6-15(11-18-3)17-12(2)9-13-7-5-8-14(16)10-13/h5,7-8,10,12,15,17H,4,6,9,11H2,1-3H3. The normalized spacial score (nSPS) is 14.4. The van der Waals surface area contributed by atoms with E-state index < -0.39 is 0 Å². The predicted molar refractivity (Wildman–Crippen MR) is 73.3 cm³/mol. The Kier molecular flexibility index (Phi) is 6.91. The van der Waals surface area contributed by atoms with Crippen molar-refractivity contribution >= 4 is 0 Å². The highest BCUT2D eigenvalue weighted by Gasteiger charge is 2.11. The molecular weight excluding hydrogens is 229 g/mol. The fourth-order valence-corrected chi connectivity index (χ4v) is 2.24. The van der Waals surface area contributed by atoms with Crippen LogP contribution in [0.15, 0.2) is 24.3 Å². The molecular formula is C15H24FNO. The highest BCUT2D eigenvalue weighted by molar-refractivity contribution is 5.17. The topological polar surface area (TPSA) is 21.3 Å². The summed E-state index contributed by atoms with van der Waals surface area (Å²) in [4.78, 5) is 0. The van der Waals surface area contributed by atoms with Crippen LogP contribution in [0.3, 0.4) is 0 Å². The van der Waals surface area contributed by atoms with Gasteiger partial charge in [-0.05, 0) is 37.5 Å². The first-order chi connectivity index (χ1) is 8.65. The summed E-state index contributed by atoms with van der Waals surface area (Å²) in [6.07, 6.45) is 3.07. The molecule has 3 heteroatoms. The summed E-state index contributed by atoms with van der Waals surface area (Å²) in [6.45, 7) is 5.02. The van der Waals surface area contributed by atoms with Crippen molar-refractivity contribution in [2.24, 2.45) is 0 Å². The quantitative estimate of drug-likeness (QED) is 0.768. The minimum absolute atomic E-state index is 0.165. The first-order valence-corrected chi connectivity index (χ1v) is 6.65. The second kappa shape index (κ2) is 8.22. The minimum atomic E-state index is -0.165. The fourth-order valence-electron chi connectivity index (χ4n) is 2.24. The SMILES string of the molecule is CCCC(COC)NC(C)Cc1cccc(F)c1. The lowest BCUT2D eigenvalue weighted by Gasteiger charge is -2.22. The van der Waals surface area contributed by atoms with Crippen molar-refractivity contribution < 1.29 is 9.13 Å². The number of hydrogen-bond acceptors (Lipinski definition) is 2. The molecule has 0 saturated heterocycles. The van der Waals surface area contributed by atoms with E-state index in [0.29, 0.717) is 12.1 Å². The zero-order chi connectivity index (χ0) is 13.4. The average molecular weight is 253 g/mol. The van der Waals surface area contributed by atoms with E-state index in [1.165, 1.54) is 6.07 Å². The molecule has 0 bridgehead atoms. The first-order valence-electron chi connectivity index (χ1n) is 6.65. The van der Waals surface area contributed by atoms with Gasteiger partial charge in [-0.15, -0.1) is 0 Å². The van der Waals surface area contributed by atoms with Gasteiger partial charge in [-0.2, -0.15) is 0 Å². The predicted octanol–water partition coefficient (Wildman–Crippen LogP) is 3.16. The molecule has 1 N–H and O–H groups in total. The summed E-state index contributed by atoms with van der Waals surface area (Å²) >= 11 is 0. The van der Waals surface area contributed by atoms with Gasteiger partial charge < -0.3 is 10.1 Å². The number of halogens is 1. The lowest BCUT2D eigenvalue weighted by molar-refractivity contribution is 0.157. The molecule has 0 radical (unpaired) electrons. The molecule has 2 unspecified atom stereocenters. The average Bonchev–Trinajstić information content (AvgIpc) is 2.29. The fraction of sp³-hybridized carbons (Fsp3) is 0.600. The largest absolute Gasteiger partial charge is 0.383 e. The van der Waals surface area contributed by atoms with Gasteiger partial charge in [0.1, 0.15) is 5.82 Å². The van der Waals surface area contributed by atoms with Crippen molar-refractivity contribution in [1.82, 2.24) is 5.32 Å². The van der Waals surface area contributed by atoms with Crippen molar-refractivity contribution in [2.75, 3.05) is 13.7 Å². The second-order valence-electron chi connectivity index (χ2n) is 4.84. The molecule has 0 amide bonds. The Morgan fingerprint density at radius 3 is 2.78 bits per heavy atom. The van der Waals surface area contributed by atoms with Crippen LogP contribution in [0.25, 0.3) is 0 Å². The van der Waals surface area contributed by atoms with Crippen molar-refractivity contribution in [3.05, 3.63) is 35.6 Å². The van der Waals surface area contributed by atoms with Crippen molar-refractivity contribution in [3.63, 3.8) is 0 Å². The van der Waals surface area contributed by atoms with Gasteiger partial charge in [-0.3, -0.25) is 0 Å². The van der Waals surface area contributed by atoms with E-state index in [0.717, 1.165) is 31.4 Å². The molecule has 0 aliphatic rings. The molecule has 1 aromatic rings. The third kappa shape index (κ3) is 5.61. The van der Waals surface area contributed by atoms with Crippen LogP contribution in [0.2, 0.25) is 0 Å². The lowest BCUT2D eigenvalue weighted by Crippen LogP contribution is -2.40. The first kappa shape index (κ1) is 15.1. The van der Waals surface area contributed by atoms with Gasteiger partial charge in [0.25, 0.3) is 0 Å². The van der Waals surface area contributed by atoms with Gasteiger partial charge in [0.15, 0.2) is 0 Å². The van der Waals surface area contributed by atoms with Crippen molar-refractivity contribution in [3.8, 4) is 0 Å². The summed E-state index contributed by atoms with van der Waals surface area (Å²) in [5, 5.41) is 3.54. The van der Waals surface area contributed by atoms with E-state index in [9.17, 15) is 4.39 Å². The highest BCUT2D eigenvalue weighted by Crippen LogP contribution is 2.08. The molecule has 2 nitrogen and oxygen atoms in total. The molecule has 0 heterocycles. The van der Waals surface area contributed by atoms with Crippen LogP contribution in [-0.4, -0.2) is 25.8 Å². The molecule has 102 valence electrons. The van der Waals surface area contributed by atoms with Crippen LogP contribution in [0.4, 0.5) is 4.39 Å². The molecule has 0 spiro atoms. The molecule has 0 aromatic heterocycles. The molecule has 2 atom stereocenters. The van der Waals surface area contributed by atoms with Crippen LogP contribution in [0, 0.1) is 5.82 Å². The van der Waals surface area contributed by atoms with E-state index >= 15 is 0 Å². The summed E-state index contributed by atoms with van der Waals surface area (Å²) in [7, 11) is 1.72. The number of hydrogen-bond donors (Lipinski definition) is 1. The Morgan fingerprint density at radius 2 is 2.17 bits per heavy atom. The minimum Gasteiger partial charge on any atom is -0.383 e. The van der Waals surface area contributed by atoms with E-state index in [-0.39, 0.29) is 5.82 Å². The van der Waals surface area contributed by atoms with Crippen molar-refractivity contribution in [1.29, 1.82) is 0 Å². The maximum Gasteiger partial charge on any atom is 0.123 e. The van der Waals surface area contributed by atoms with Crippen LogP contribution in [0.5, 0.6) is 0 Å². The molecule has 0 saturated carbocycles. The monoisotopic (exact) mass is 253 g/mol. The molecule has 1 aromatic carbocycles. The summed E-state index contributed by atoms with van der Waals surface area (Å²) in [5.74, 6) is -0.165. The third-order valence-corrected chi connectivity index (χ3v) is 2.96. The molecule has 1 rings (SSSR count). The maximum absolute atomic E-state index is 13.1. The summed E-state index contributed by atoms with van der Waals surface area (Å²) < 4.78 is 18.3. The Bertz CT molecular complexity index is 337. The summed E-state index contributed by atoms with van der Waals surface area (Å²) in [6, 6.07) is 7.50. The van der Waals surface area contributed by atoms with Gasteiger partial charge in [0.05, 0.1) is 6.61 Å². The van der Waals surface area contributed by atoms with E-state index in [2.05, 4.69) is 19.2 Å². The van der Waals surface area contributed by atoms with Gasteiger partial charge >= 0.3 is 0 Å². The lowest BCUT2D eigenvalue weighted by atomic mass is 10.1. The number of benzene rings is 1. The highest BCUT2D eigenvalue weighted by atomic mass is 19.1. The number of ether oxygens (including phenoxy) is 1. The van der Waals surface area contributed by atoms with Crippen LogP contribution in [0.1, 0.15) is 32.3 Å². The van der Waals surface area contributed by atoms with E-state index in [1.54, 1.807) is 19.2 Å². The van der Waals surface area contributed by atoms with Gasteiger partial charge in [0, 0.05) is 19.2 Å². The Hall–Kier alpha value is -0.930. The molecule has 0 fully saturated rings. The van der Waals surface area contributed by atoms with Crippen LogP contribution < -0.4 is 5.32 Å². The molecule has 18 heavy (non-hydrogen) atoms. The zero-order valence-corrected chi connectivity index (χ0v) is 11.6. The smallest absolute Gasteiger partial charge is 0.123 e. The van der Waals surface area contributed by atoms with Gasteiger partial charge in [-0.25, -0.2) is 4.39 Å².